The molecule has 1 saturated heterocycles. The lowest BCUT2D eigenvalue weighted by Gasteiger charge is -2.35. The summed E-state index contributed by atoms with van der Waals surface area (Å²) in [4.78, 5) is 28.6. The van der Waals surface area contributed by atoms with Gasteiger partial charge < -0.3 is 20.3 Å². The Morgan fingerprint density at radius 2 is 1.70 bits per heavy atom. The third-order valence-electron chi connectivity index (χ3n) is 4.43. The zero-order valence-corrected chi connectivity index (χ0v) is 17.0. The van der Waals surface area contributed by atoms with E-state index in [2.05, 4.69) is 39.8 Å². The van der Waals surface area contributed by atoms with E-state index in [4.69, 9.17) is 4.74 Å². The summed E-state index contributed by atoms with van der Waals surface area (Å²) in [7, 11) is 4.00. The number of nitrogens with one attached hydrogen (secondary N) is 2. The largest absolute Gasteiger partial charge is 0.379 e. The third-order valence-corrected chi connectivity index (χ3v) is 4.43. The van der Waals surface area contributed by atoms with Gasteiger partial charge in [0.2, 0.25) is 0 Å². The maximum atomic E-state index is 12.2. The summed E-state index contributed by atoms with van der Waals surface area (Å²) in [5.41, 5.74) is 1.78. The number of anilines is 1. The highest BCUT2D eigenvalue weighted by Gasteiger charge is 2.25. The lowest BCUT2D eigenvalue weighted by Crippen LogP contribution is -2.50. The minimum Gasteiger partial charge on any atom is -0.379 e. The Morgan fingerprint density at radius 1 is 1.11 bits per heavy atom. The van der Waals surface area contributed by atoms with Crippen LogP contribution in [-0.2, 0) is 14.3 Å². The Balaban J connectivity index is 2.08. The number of ether oxygens (including phenoxy) is 1. The van der Waals surface area contributed by atoms with Crippen LogP contribution in [0.1, 0.15) is 32.4 Å². The van der Waals surface area contributed by atoms with Crippen molar-refractivity contribution < 1.29 is 14.3 Å². The zero-order chi connectivity index (χ0) is 20.0. The SMILES string of the molecule is CN(C)c1ccc(C(CNC(=O)C(=O)NC(C)(C)C)N2CCOCC2)cc1. The van der Waals surface area contributed by atoms with E-state index < -0.39 is 17.4 Å². The fourth-order valence-electron chi connectivity index (χ4n) is 3.01. The average molecular weight is 377 g/mol. The molecule has 2 N–H and O–H groups in total. The van der Waals surface area contributed by atoms with Crippen molar-refractivity contribution in [3.63, 3.8) is 0 Å². The molecule has 0 radical (unpaired) electrons. The minimum atomic E-state index is -0.605. The van der Waals surface area contributed by atoms with Crippen LogP contribution in [0.4, 0.5) is 5.69 Å². The van der Waals surface area contributed by atoms with Gasteiger partial charge in [-0.1, -0.05) is 12.1 Å². The van der Waals surface area contributed by atoms with E-state index in [0.717, 1.165) is 24.3 Å². The molecule has 1 fully saturated rings. The van der Waals surface area contributed by atoms with Crippen LogP contribution in [0.5, 0.6) is 0 Å². The second-order valence-corrected chi connectivity index (χ2v) is 8.06. The van der Waals surface area contributed by atoms with Crippen molar-refractivity contribution in [2.75, 3.05) is 51.8 Å². The number of amides is 2. The lowest BCUT2D eigenvalue weighted by molar-refractivity contribution is -0.140. The molecule has 0 aliphatic carbocycles. The Labute approximate surface area is 162 Å². The van der Waals surface area contributed by atoms with Crippen molar-refractivity contribution >= 4 is 17.5 Å². The second-order valence-electron chi connectivity index (χ2n) is 8.06. The summed E-state index contributed by atoms with van der Waals surface area (Å²) in [5, 5.41) is 5.49. The van der Waals surface area contributed by atoms with Gasteiger partial charge in [-0.15, -0.1) is 0 Å². The quantitative estimate of drug-likeness (QED) is 0.755. The van der Waals surface area contributed by atoms with Crippen LogP contribution >= 0.6 is 0 Å². The van der Waals surface area contributed by atoms with Gasteiger partial charge in [0.25, 0.3) is 0 Å². The van der Waals surface area contributed by atoms with Crippen LogP contribution in [0.25, 0.3) is 0 Å². The van der Waals surface area contributed by atoms with Crippen molar-refractivity contribution in [1.82, 2.24) is 15.5 Å². The topological polar surface area (TPSA) is 73.9 Å². The van der Waals surface area contributed by atoms with Gasteiger partial charge in [-0.25, -0.2) is 0 Å². The summed E-state index contributed by atoms with van der Waals surface area (Å²) in [6.07, 6.45) is 0. The molecule has 2 amide bonds. The second kappa shape index (κ2) is 9.19. The molecular weight excluding hydrogens is 344 g/mol. The maximum absolute atomic E-state index is 12.2. The molecule has 7 heteroatoms. The van der Waals surface area contributed by atoms with Crippen LogP contribution in [0, 0.1) is 0 Å². The van der Waals surface area contributed by atoms with E-state index in [1.165, 1.54) is 0 Å². The predicted octanol–water partition coefficient (Wildman–Crippen LogP) is 1.16. The summed E-state index contributed by atoms with van der Waals surface area (Å²) >= 11 is 0. The molecule has 0 saturated carbocycles. The molecule has 1 aliphatic rings. The number of benzene rings is 1. The van der Waals surface area contributed by atoms with E-state index in [1.54, 1.807) is 0 Å². The minimum absolute atomic E-state index is 0.00324. The smallest absolute Gasteiger partial charge is 0.309 e. The standard InChI is InChI=1S/C20H32N4O3/c1-20(2,3)22-19(26)18(25)21-14-17(24-10-12-27-13-11-24)15-6-8-16(9-7-15)23(4)5/h6-9,17H,10-14H2,1-5H3,(H,21,25)(H,22,26). The van der Waals surface area contributed by atoms with Gasteiger partial charge >= 0.3 is 11.8 Å². The number of nitrogens with zero attached hydrogens (tertiary/aromatic N) is 2. The Bertz CT molecular complexity index is 632. The van der Waals surface area contributed by atoms with Crippen molar-refractivity contribution in [2.45, 2.75) is 32.4 Å². The van der Waals surface area contributed by atoms with Crippen molar-refractivity contribution in [3.05, 3.63) is 29.8 Å². The third kappa shape index (κ3) is 6.52. The van der Waals surface area contributed by atoms with E-state index >= 15 is 0 Å². The number of hydrogen-bond donors (Lipinski definition) is 2. The molecule has 1 aliphatic heterocycles. The molecule has 1 aromatic rings. The molecule has 1 atom stereocenters. The molecule has 7 nitrogen and oxygen atoms in total. The molecule has 0 spiro atoms. The van der Waals surface area contributed by atoms with Crippen LogP contribution in [0.2, 0.25) is 0 Å². The first-order chi connectivity index (χ1) is 12.7. The molecule has 150 valence electrons. The highest BCUT2D eigenvalue weighted by atomic mass is 16.5. The number of carbonyl (C=O) groups is 2. The van der Waals surface area contributed by atoms with Gasteiger partial charge in [-0.2, -0.15) is 0 Å². The van der Waals surface area contributed by atoms with Crippen LogP contribution in [0.15, 0.2) is 24.3 Å². The molecule has 0 aromatic heterocycles. The Hall–Kier alpha value is -2.12. The summed E-state index contributed by atoms with van der Waals surface area (Å²) < 4.78 is 5.46. The monoisotopic (exact) mass is 376 g/mol. The molecular formula is C20H32N4O3. The van der Waals surface area contributed by atoms with Crippen molar-refractivity contribution in [3.8, 4) is 0 Å². The number of morpholine rings is 1. The van der Waals surface area contributed by atoms with Crippen molar-refractivity contribution in [2.24, 2.45) is 0 Å². The molecule has 1 aromatic carbocycles. The first-order valence-corrected chi connectivity index (χ1v) is 9.37. The number of rotatable bonds is 5. The summed E-state index contributed by atoms with van der Waals surface area (Å²) in [6, 6.07) is 8.29. The molecule has 1 heterocycles. The highest BCUT2D eigenvalue weighted by Crippen LogP contribution is 2.23. The first-order valence-electron chi connectivity index (χ1n) is 9.37. The normalized spacial score (nSPS) is 16.5. The van der Waals surface area contributed by atoms with E-state index in [-0.39, 0.29) is 6.04 Å². The fraction of sp³-hybridized carbons (Fsp3) is 0.600. The number of carbonyl (C=O) groups excluding carboxylic acids is 2. The predicted molar refractivity (Wildman–Crippen MR) is 107 cm³/mol. The van der Waals surface area contributed by atoms with Gasteiger partial charge in [0, 0.05) is 45.0 Å². The van der Waals surface area contributed by atoms with E-state index in [9.17, 15) is 9.59 Å². The Kier molecular flexibility index (Phi) is 7.21. The molecule has 2 rings (SSSR count). The highest BCUT2D eigenvalue weighted by molar-refractivity contribution is 6.35. The zero-order valence-electron chi connectivity index (χ0n) is 17.0. The fourth-order valence-corrected chi connectivity index (χ4v) is 3.01. The van der Waals surface area contributed by atoms with E-state index in [1.807, 2.05) is 39.8 Å². The van der Waals surface area contributed by atoms with Gasteiger partial charge in [0.15, 0.2) is 0 Å². The molecule has 1 unspecified atom stereocenters. The Morgan fingerprint density at radius 3 is 2.22 bits per heavy atom. The van der Waals surface area contributed by atoms with Crippen LogP contribution < -0.4 is 15.5 Å². The summed E-state index contributed by atoms with van der Waals surface area (Å²) in [6.45, 7) is 8.85. The van der Waals surface area contributed by atoms with Crippen LogP contribution in [-0.4, -0.2) is 69.2 Å². The van der Waals surface area contributed by atoms with Crippen LogP contribution in [0.3, 0.4) is 0 Å². The summed E-state index contributed by atoms with van der Waals surface area (Å²) in [5.74, 6) is -1.21. The van der Waals surface area contributed by atoms with Crippen molar-refractivity contribution in [1.29, 1.82) is 0 Å². The molecule has 0 bridgehead atoms. The van der Waals surface area contributed by atoms with Gasteiger partial charge in [0.05, 0.1) is 19.3 Å². The van der Waals surface area contributed by atoms with E-state index in [0.29, 0.717) is 19.8 Å². The first kappa shape index (κ1) is 21.2. The van der Waals surface area contributed by atoms with Gasteiger partial charge in [-0.3, -0.25) is 14.5 Å². The number of hydrogen-bond acceptors (Lipinski definition) is 5. The van der Waals surface area contributed by atoms with Gasteiger partial charge in [0.1, 0.15) is 0 Å². The lowest BCUT2D eigenvalue weighted by atomic mass is 10.0. The average Bonchev–Trinajstić information content (AvgIpc) is 2.61. The molecule has 27 heavy (non-hydrogen) atoms. The maximum Gasteiger partial charge on any atom is 0.309 e. The van der Waals surface area contributed by atoms with Gasteiger partial charge in [-0.05, 0) is 38.5 Å².